The molecule has 0 saturated heterocycles. The Balaban J connectivity index is 2.79. The van der Waals surface area contributed by atoms with Crippen molar-refractivity contribution in [1.29, 1.82) is 0 Å². The van der Waals surface area contributed by atoms with Gasteiger partial charge in [-0.25, -0.2) is 4.39 Å². The number of anilines is 1. The van der Waals surface area contributed by atoms with Crippen LogP contribution in [0.5, 0.6) is 0 Å². The molecule has 1 aromatic carbocycles. The minimum Gasteiger partial charge on any atom is -0.380 e. The molecule has 0 fully saturated rings. The average Bonchev–Trinajstić information content (AvgIpc) is 2.48. The zero-order valence-corrected chi connectivity index (χ0v) is 7.17. The van der Waals surface area contributed by atoms with Crippen LogP contribution >= 0.6 is 0 Å². The summed E-state index contributed by atoms with van der Waals surface area (Å²) in [6.07, 6.45) is 0.757. The van der Waals surface area contributed by atoms with Crippen LogP contribution in [0, 0.1) is 5.82 Å². The van der Waals surface area contributed by atoms with Crippen molar-refractivity contribution >= 4 is 16.8 Å². The first-order valence-electron chi connectivity index (χ1n) is 4.05. The Morgan fingerprint density at radius 1 is 1.54 bits per heavy atom. The molecule has 2 rings (SSSR count). The second-order valence-electron chi connectivity index (χ2n) is 2.87. The summed E-state index contributed by atoms with van der Waals surface area (Å²) in [4.78, 5) is 0. The number of hydrogen-bond acceptors (Lipinski definition) is 3. The largest absolute Gasteiger partial charge is 0.380 e. The zero-order chi connectivity index (χ0) is 9.42. The molecule has 0 aliphatic heterocycles. The summed E-state index contributed by atoms with van der Waals surface area (Å²) in [6.45, 7) is 1.94. The van der Waals surface area contributed by atoms with Crippen LogP contribution in [0.25, 0.3) is 11.0 Å². The second-order valence-corrected chi connectivity index (χ2v) is 2.87. The van der Waals surface area contributed by atoms with Crippen molar-refractivity contribution in [3.63, 3.8) is 0 Å². The van der Waals surface area contributed by atoms with Crippen LogP contribution < -0.4 is 5.73 Å². The molecule has 0 saturated carbocycles. The number of rotatable bonds is 1. The number of nitrogens with zero attached hydrogens (tertiary/aromatic N) is 1. The van der Waals surface area contributed by atoms with Crippen LogP contribution in [0.1, 0.15) is 12.5 Å². The van der Waals surface area contributed by atoms with Crippen LogP contribution in [-0.2, 0) is 6.42 Å². The average molecular weight is 180 g/mol. The number of nitrogen functional groups attached to an aromatic ring is 1. The predicted octanol–water partition coefficient (Wildman–Crippen LogP) is 2.11. The molecule has 2 aromatic rings. The molecule has 13 heavy (non-hydrogen) atoms. The lowest BCUT2D eigenvalue weighted by molar-refractivity contribution is 0.460. The first kappa shape index (κ1) is 8.04. The van der Waals surface area contributed by atoms with Crippen molar-refractivity contribution in [3.05, 3.63) is 23.5 Å². The maximum Gasteiger partial charge on any atom is 0.177 e. The van der Waals surface area contributed by atoms with Crippen LogP contribution in [0.15, 0.2) is 16.7 Å². The number of fused-ring (bicyclic) bond motifs is 1. The molecule has 0 atom stereocenters. The second kappa shape index (κ2) is 2.73. The fourth-order valence-corrected chi connectivity index (χ4v) is 1.30. The number of aromatic nitrogens is 1. The molecule has 0 amide bonds. The predicted molar refractivity (Wildman–Crippen MR) is 47.8 cm³/mol. The Morgan fingerprint density at radius 3 is 3.00 bits per heavy atom. The van der Waals surface area contributed by atoms with E-state index in [1.54, 1.807) is 6.07 Å². The fourth-order valence-electron chi connectivity index (χ4n) is 1.30. The number of hydrogen-bond donors (Lipinski definition) is 1. The van der Waals surface area contributed by atoms with E-state index in [0.717, 1.165) is 12.0 Å². The standard InChI is InChI=1S/C9H9FN2O/c1-2-5-3-6(10)8-7(4-5)13-12-9(8)11/h3-4H,2H2,1H3,(H2,11,12). The molecular weight excluding hydrogens is 171 g/mol. The fraction of sp³-hybridized carbons (Fsp3) is 0.222. The van der Waals surface area contributed by atoms with Gasteiger partial charge in [0.25, 0.3) is 0 Å². The van der Waals surface area contributed by atoms with E-state index in [9.17, 15) is 4.39 Å². The van der Waals surface area contributed by atoms with Crippen LogP contribution in [0.3, 0.4) is 0 Å². The van der Waals surface area contributed by atoms with E-state index in [1.165, 1.54) is 6.07 Å². The van der Waals surface area contributed by atoms with Gasteiger partial charge in [-0.3, -0.25) is 0 Å². The van der Waals surface area contributed by atoms with Gasteiger partial charge in [0.2, 0.25) is 0 Å². The van der Waals surface area contributed by atoms with Gasteiger partial charge in [-0.1, -0.05) is 12.1 Å². The van der Waals surface area contributed by atoms with Gasteiger partial charge in [-0.15, -0.1) is 0 Å². The highest BCUT2D eigenvalue weighted by Crippen LogP contribution is 2.25. The number of halogens is 1. The highest BCUT2D eigenvalue weighted by atomic mass is 19.1. The van der Waals surface area contributed by atoms with Crippen molar-refractivity contribution in [3.8, 4) is 0 Å². The van der Waals surface area contributed by atoms with Gasteiger partial charge in [-0.05, 0) is 24.1 Å². The van der Waals surface area contributed by atoms with E-state index >= 15 is 0 Å². The minimum atomic E-state index is -0.367. The Kier molecular flexibility index (Phi) is 1.69. The third-order valence-electron chi connectivity index (χ3n) is 2.02. The molecular formula is C9H9FN2O. The van der Waals surface area contributed by atoms with Crippen molar-refractivity contribution in [2.45, 2.75) is 13.3 Å². The molecule has 2 N–H and O–H groups in total. The van der Waals surface area contributed by atoms with Gasteiger partial charge < -0.3 is 10.3 Å². The lowest BCUT2D eigenvalue weighted by atomic mass is 10.1. The normalized spacial score (nSPS) is 10.9. The summed E-state index contributed by atoms with van der Waals surface area (Å²) in [5, 5.41) is 3.77. The molecule has 0 unspecified atom stereocenters. The molecule has 0 spiro atoms. The van der Waals surface area contributed by atoms with E-state index in [1.807, 2.05) is 6.92 Å². The topological polar surface area (TPSA) is 52.0 Å². The summed E-state index contributed by atoms with van der Waals surface area (Å²) in [5.41, 5.74) is 6.71. The van der Waals surface area contributed by atoms with Gasteiger partial charge in [0.15, 0.2) is 11.4 Å². The van der Waals surface area contributed by atoms with Crippen LogP contribution in [0.4, 0.5) is 10.2 Å². The highest BCUT2D eigenvalue weighted by molar-refractivity contribution is 5.87. The molecule has 0 aliphatic carbocycles. The first-order chi connectivity index (χ1) is 6.22. The van der Waals surface area contributed by atoms with Gasteiger partial charge in [0.05, 0.1) is 0 Å². The van der Waals surface area contributed by atoms with Crippen molar-refractivity contribution in [2.75, 3.05) is 5.73 Å². The lowest BCUT2D eigenvalue weighted by Crippen LogP contribution is -1.88. The summed E-state index contributed by atoms with van der Waals surface area (Å²) in [6, 6.07) is 3.21. The third-order valence-corrected chi connectivity index (χ3v) is 2.02. The molecule has 3 nitrogen and oxygen atoms in total. The van der Waals surface area contributed by atoms with Crippen molar-refractivity contribution in [2.24, 2.45) is 0 Å². The SMILES string of the molecule is CCc1cc(F)c2c(N)noc2c1. The van der Waals surface area contributed by atoms with E-state index in [4.69, 9.17) is 10.3 Å². The molecule has 1 heterocycles. The quantitative estimate of drug-likeness (QED) is 0.731. The van der Waals surface area contributed by atoms with Crippen molar-refractivity contribution < 1.29 is 8.91 Å². The number of benzene rings is 1. The van der Waals surface area contributed by atoms with Crippen LogP contribution in [-0.4, -0.2) is 5.16 Å². The molecule has 1 aromatic heterocycles. The van der Waals surface area contributed by atoms with Gasteiger partial charge >= 0.3 is 0 Å². The van der Waals surface area contributed by atoms with Gasteiger partial charge in [0, 0.05) is 0 Å². The summed E-state index contributed by atoms with van der Waals surface area (Å²) in [5.74, 6) is -0.261. The maximum atomic E-state index is 13.3. The Labute approximate surface area is 74.3 Å². The smallest absolute Gasteiger partial charge is 0.177 e. The van der Waals surface area contributed by atoms with Crippen molar-refractivity contribution in [1.82, 2.24) is 5.16 Å². The molecule has 0 bridgehead atoms. The van der Waals surface area contributed by atoms with Gasteiger partial charge in [-0.2, -0.15) is 0 Å². The third kappa shape index (κ3) is 1.14. The number of aryl methyl sites for hydroxylation is 1. The highest BCUT2D eigenvalue weighted by Gasteiger charge is 2.11. The van der Waals surface area contributed by atoms with E-state index < -0.39 is 0 Å². The monoisotopic (exact) mass is 180 g/mol. The van der Waals surface area contributed by atoms with E-state index in [2.05, 4.69) is 5.16 Å². The summed E-state index contributed by atoms with van der Waals surface area (Å²) >= 11 is 0. The zero-order valence-electron chi connectivity index (χ0n) is 7.17. The Hall–Kier alpha value is -1.58. The maximum absolute atomic E-state index is 13.3. The van der Waals surface area contributed by atoms with E-state index in [-0.39, 0.29) is 17.0 Å². The summed E-state index contributed by atoms with van der Waals surface area (Å²) < 4.78 is 18.2. The number of nitrogens with two attached hydrogens (primary N) is 1. The molecule has 4 heteroatoms. The molecule has 0 aliphatic rings. The minimum absolute atomic E-state index is 0.107. The Bertz CT molecular complexity index is 450. The molecule has 68 valence electrons. The first-order valence-corrected chi connectivity index (χ1v) is 4.05. The Morgan fingerprint density at radius 2 is 2.31 bits per heavy atom. The van der Waals surface area contributed by atoms with Crippen LogP contribution in [0.2, 0.25) is 0 Å². The van der Waals surface area contributed by atoms with E-state index in [0.29, 0.717) is 5.58 Å². The summed E-state index contributed by atoms with van der Waals surface area (Å²) in [7, 11) is 0. The molecule has 0 radical (unpaired) electrons. The van der Waals surface area contributed by atoms with Gasteiger partial charge in [0.1, 0.15) is 11.2 Å². The lowest BCUT2D eigenvalue weighted by Gasteiger charge is -1.96.